The molecule has 1 aliphatic rings. The molecule has 0 spiro atoms. The highest BCUT2D eigenvalue weighted by molar-refractivity contribution is 5.65. The first-order valence-electron chi connectivity index (χ1n) is 10.3. The van der Waals surface area contributed by atoms with E-state index in [4.69, 9.17) is 9.47 Å². The number of piperazine rings is 1. The van der Waals surface area contributed by atoms with Gasteiger partial charge >= 0.3 is 0 Å². The van der Waals surface area contributed by atoms with Crippen molar-refractivity contribution in [2.75, 3.05) is 45.3 Å². The van der Waals surface area contributed by atoms with E-state index in [2.05, 4.69) is 19.9 Å². The van der Waals surface area contributed by atoms with Crippen LogP contribution in [-0.2, 0) is 6.54 Å². The third kappa shape index (κ3) is 4.94. The molecule has 0 atom stereocenters. The fourth-order valence-electron chi connectivity index (χ4n) is 3.71. The number of rotatable bonds is 7. The minimum absolute atomic E-state index is 0.294. The maximum absolute atomic E-state index is 13.6. The molecular weight excluding hydrogens is 416 g/mol. The Morgan fingerprint density at radius 3 is 2.41 bits per heavy atom. The third-order valence-corrected chi connectivity index (χ3v) is 5.42. The predicted molar refractivity (Wildman–Crippen MR) is 117 cm³/mol. The molecule has 1 fully saturated rings. The highest BCUT2D eigenvalue weighted by Gasteiger charge is 2.22. The second kappa shape index (κ2) is 9.86. The molecule has 7 nitrogen and oxygen atoms in total. The molecule has 3 aromatic rings. The van der Waals surface area contributed by atoms with Gasteiger partial charge in [-0.05, 0) is 35.9 Å². The van der Waals surface area contributed by atoms with Crippen molar-refractivity contribution in [2.24, 2.45) is 0 Å². The zero-order valence-corrected chi connectivity index (χ0v) is 18.0. The van der Waals surface area contributed by atoms with Crippen LogP contribution in [0, 0.1) is 0 Å². The van der Waals surface area contributed by atoms with Crippen LogP contribution in [0.15, 0.2) is 48.8 Å². The lowest BCUT2D eigenvalue weighted by Gasteiger charge is -2.35. The number of alkyl halides is 2. The summed E-state index contributed by atoms with van der Waals surface area (Å²) in [5.41, 5.74) is 1.93. The van der Waals surface area contributed by atoms with Crippen LogP contribution in [0.4, 0.5) is 14.7 Å². The largest absolute Gasteiger partial charge is 0.493 e. The number of benzene rings is 1. The van der Waals surface area contributed by atoms with Crippen LogP contribution < -0.4 is 14.4 Å². The number of anilines is 1. The molecular formula is C23H25F2N5O2. The van der Waals surface area contributed by atoms with Crippen molar-refractivity contribution in [1.29, 1.82) is 0 Å². The lowest BCUT2D eigenvalue weighted by atomic mass is 10.1. The first-order valence-corrected chi connectivity index (χ1v) is 10.3. The quantitative estimate of drug-likeness (QED) is 0.552. The van der Waals surface area contributed by atoms with Gasteiger partial charge in [0.25, 0.3) is 6.43 Å². The monoisotopic (exact) mass is 441 g/mol. The van der Waals surface area contributed by atoms with Gasteiger partial charge in [-0.1, -0.05) is 6.07 Å². The number of hydrogen-bond acceptors (Lipinski definition) is 7. The zero-order valence-electron chi connectivity index (χ0n) is 18.0. The number of aromatic nitrogens is 3. The number of hydrogen-bond donors (Lipinski definition) is 0. The maximum Gasteiger partial charge on any atom is 0.280 e. The van der Waals surface area contributed by atoms with E-state index in [-0.39, 0.29) is 5.69 Å². The second-order valence-corrected chi connectivity index (χ2v) is 7.47. The van der Waals surface area contributed by atoms with Gasteiger partial charge in [-0.25, -0.2) is 18.7 Å². The van der Waals surface area contributed by atoms with Crippen LogP contribution in [0.25, 0.3) is 11.3 Å². The number of nitrogens with zero attached hydrogens (tertiary/aromatic N) is 5. The van der Waals surface area contributed by atoms with Gasteiger partial charge in [-0.15, -0.1) is 0 Å². The van der Waals surface area contributed by atoms with Crippen molar-refractivity contribution >= 4 is 5.95 Å². The van der Waals surface area contributed by atoms with Crippen LogP contribution in [0.5, 0.6) is 11.5 Å². The lowest BCUT2D eigenvalue weighted by Crippen LogP contribution is -2.46. The molecule has 1 aromatic carbocycles. The van der Waals surface area contributed by atoms with Gasteiger partial charge in [-0.3, -0.25) is 9.88 Å². The minimum atomic E-state index is -2.69. The molecule has 4 rings (SSSR count). The van der Waals surface area contributed by atoms with E-state index >= 15 is 0 Å². The van der Waals surface area contributed by atoms with E-state index < -0.39 is 6.43 Å². The van der Waals surface area contributed by atoms with E-state index in [1.54, 1.807) is 31.5 Å². The molecule has 0 amide bonds. The van der Waals surface area contributed by atoms with E-state index in [9.17, 15) is 8.78 Å². The molecule has 9 heteroatoms. The fraction of sp³-hybridized carbons (Fsp3) is 0.348. The van der Waals surface area contributed by atoms with E-state index in [0.29, 0.717) is 41.8 Å². The van der Waals surface area contributed by atoms with Crippen molar-refractivity contribution in [3.05, 3.63) is 60.0 Å². The summed E-state index contributed by atoms with van der Waals surface area (Å²) in [6.07, 6.45) is 0.921. The smallest absolute Gasteiger partial charge is 0.280 e. The molecule has 0 saturated carbocycles. The predicted octanol–water partition coefficient (Wildman–Crippen LogP) is 3.82. The van der Waals surface area contributed by atoms with Crippen LogP contribution in [0.3, 0.4) is 0 Å². The van der Waals surface area contributed by atoms with Crippen LogP contribution in [-0.4, -0.2) is 60.3 Å². The maximum atomic E-state index is 13.6. The molecule has 0 bridgehead atoms. The summed E-state index contributed by atoms with van der Waals surface area (Å²) in [6, 6.07) is 10.5. The van der Waals surface area contributed by atoms with Gasteiger partial charge in [0.15, 0.2) is 11.5 Å². The number of pyridine rings is 1. The first-order chi connectivity index (χ1) is 15.6. The van der Waals surface area contributed by atoms with Crippen LogP contribution in [0.2, 0.25) is 0 Å². The first kappa shape index (κ1) is 21.9. The minimum Gasteiger partial charge on any atom is -0.493 e. The standard InChI is InChI=1S/C23H25F2N5O2/c1-31-20-6-5-17(12-21(20)32-2)18-13-19(22(24)25)28-23(27-18)30-10-8-29(9-11-30)15-16-4-3-7-26-14-16/h3-7,12-14,22H,8-11,15H2,1-2H3. The molecule has 168 valence electrons. The van der Waals surface area contributed by atoms with Crippen molar-refractivity contribution < 1.29 is 18.3 Å². The van der Waals surface area contributed by atoms with Crippen LogP contribution >= 0.6 is 0 Å². The van der Waals surface area contributed by atoms with Crippen molar-refractivity contribution in [3.8, 4) is 22.8 Å². The third-order valence-electron chi connectivity index (χ3n) is 5.42. The number of ether oxygens (including phenoxy) is 2. The Bertz CT molecular complexity index is 1040. The van der Waals surface area contributed by atoms with Gasteiger partial charge in [-0.2, -0.15) is 0 Å². The van der Waals surface area contributed by atoms with Gasteiger partial charge in [0.1, 0.15) is 5.69 Å². The van der Waals surface area contributed by atoms with Crippen LogP contribution in [0.1, 0.15) is 17.7 Å². The molecule has 1 aliphatic heterocycles. The zero-order chi connectivity index (χ0) is 22.5. The normalized spacial score (nSPS) is 14.6. The van der Waals surface area contributed by atoms with Crippen molar-refractivity contribution in [1.82, 2.24) is 19.9 Å². The Kier molecular flexibility index (Phi) is 6.75. The Labute approximate surface area is 185 Å². The summed E-state index contributed by atoms with van der Waals surface area (Å²) >= 11 is 0. The summed E-state index contributed by atoms with van der Waals surface area (Å²) in [7, 11) is 3.08. The SMILES string of the molecule is COc1ccc(-c2cc(C(F)F)nc(N3CCN(Cc4cccnc4)CC3)n2)cc1OC. The number of methoxy groups -OCH3 is 2. The summed E-state index contributed by atoms with van der Waals surface area (Å²) in [5, 5.41) is 0. The molecule has 3 heterocycles. The molecule has 2 aromatic heterocycles. The Morgan fingerprint density at radius 1 is 0.969 bits per heavy atom. The highest BCUT2D eigenvalue weighted by atomic mass is 19.3. The van der Waals surface area contributed by atoms with E-state index in [1.807, 2.05) is 23.2 Å². The summed E-state index contributed by atoms with van der Waals surface area (Å²) < 4.78 is 37.8. The lowest BCUT2D eigenvalue weighted by molar-refractivity contribution is 0.146. The topological polar surface area (TPSA) is 63.6 Å². The molecule has 0 radical (unpaired) electrons. The van der Waals surface area contributed by atoms with Gasteiger partial charge in [0, 0.05) is 50.7 Å². The molecule has 1 saturated heterocycles. The van der Waals surface area contributed by atoms with Gasteiger partial charge in [0.2, 0.25) is 5.95 Å². The molecule has 0 unspecified atom stereocenters. The average molecular weight is 441 g/mol. The van der Waals surface area contributed by atoms with Gasteiger partial charge < -0.3 is 14.4 Å². The molecule has 32 heavy (non-hydrogen) atoms. The molecule has 0 N–H and O–H groups in total. The fourth-order valence-corrected chi connectivity index (χ4v) is 3.71. The summed E-state index contributed by atoms with van der Waals surface area (Å²) in [6.45, 7) is 3.67. The average Bonchev–Trinajstić information content (AvgIpc) is 2.84. The van der Waals surface area contributed by atoms with E-state index in [1.165, 1.54) is 13.2 Å². The van der Waals surface area contributed by atoms with Gasteiger partial charge in [0.05, 0.1) is 19.9 Å². The summed E-state index contributed by atoms with van der Waals surface area (Å²) in [4.78, 5) is 17.2. The van der Waals surface area contributed by atoms with Crippen molar-refractivity contribution in [3.63, 3.8) is 0 Å². The second-order valence-electron chi connectivity index (χ2n) is 7.47. The Morgan fingerprint density at radius 2 is 1.75 bits per heavy atom. The molecule has 0 aliphatic carbocycles. The summed E-state index contributed by atoms with van der Waals surface area (Å²) in [5.74, 6) is 1.38. The van der Waals surface area contributed by atoms with E-state index in [0.717, 1.165) is 25.2 Å². The van der Waals surface area contributed by atoms with Crippen molar-refractivity contribution in [2.45, 2.75) is 13.0 Å². The Hall–Kier alpha value is -3.33. The Balaban J connectivity index is 1.55. The highest BCUT2D eigenvalue weighted by Crippen LogP contribution is 2.33. The number of halogens is 2.